The van der Waals surface area contributed by atoms with E-state index in [1.54, 1.807) is 0 Å². The molecular formula is C3H4O2S2. The van der Waals surface area contributed by atoms with Gasteiger partial charge in [0.2, 0.25) is 0 Å². The standard InChI is InChI=1S/C3H4O2S2/c4-3(5)1-2-7-6/h1-2,6H,(H,4,5). The van der Waals surface area contributed by atoms with E-state index in [9.17, 15) is 4.79 Å². The predicted molar refractivity (Wildman–Crippen MR) is 33.4 cm³/mol. The Kier molecular flexibility index (Phi) is 4.03. The third kappa shape index (κ3) is 5.91. The fourth-order valence-corrected chi connectivity index (χ4v) is 0.448. The van der Waals surface area contributed by atoms with E-state index in [2.05, 4.69) is 11.7 Å². The van der Waals surface area contributed by atoms with Crippen LogP contribution in [-0.4, -0.2) is 11.1 Å². The molecule has 0 bridgehead atoms. The summed E-state index contributed by atoms with van der Waals surface area (Å²) in [5, 5.41) is 9.29. The predicted octanol–water partition coefficient (Wildman–Crippen LogP) is 1.16. The van der Waals surface area contributed by atoms with Crippen LogP contribution in [0.25, 0.3) is 0 Å². The molecule has 0 saturated heterocycles. The molecule has 0 unspecified atom stereocenters. The van der Waals surface area contributed by atoms with Crippen LogP contribution in [0.5, 0.6) is 0 Å². The number of hydrogen-bond acceptors (Lipinski definition) is 3. The van der Waals surface area contributed by atoms with Crippen molar-refractivity contribution in [1.29, 1.82) is 0 Å². The lowest BCUT2D eigenvalue weighted by Crippen LogP contribution is -1.83. The Morgan fingerprint density at radius 1 is 1.86 bits per heavy atom. The highest BCUT2D eigenvalue weighted by Crippen LogP contribution is 2.04. The van der Waals surface area contributed by atoms with Gasteiger partial charge in [0.15, 0.2) is 0 Å². The molecule has 4 heteroatoms. The molecule has 40 valence electrons. The maximum Gasteiger partial charge on any atom is 0.328 e. The number of carboxylic acids is 1. The molecule has 7 heavy (non-hydrogen) atoms. The molecule has 0 aromatic heterocycles. The average molecular weight is 136 g/mol. The molecule has 0 aliphatic carbocycles. The summed E-state index contributed by atoms with van der Waals surface area (Å²) in [6, 6.07) is 0. The van der Waals surface area contributed by atoms with Gasteiger partial charge in [0.25, 0.3) is 0 Å². The van der Waals surface area contributed by atoms with Gasteiger partial charge in [-0.15, -0.1) is 11.7 Å². The van der Waals surface area contributed by atoms with Crippen LogP contribution in [0.2, 0.25) is 0 Å². The van der Waals surface area contributed by atoms with Crippen molar-refractivity contribution in [2.45, 2.75) is 0 Å². The second-order valence-electron chi connectivity index (χ2n) is 0.746. The van der Waals surface area contributed by atoms with Gasteiger partial charge in [0.1, 0.15) is 0 Å². The summed E-state index contributed by atoms with van der Waals surface area (Å²) in [6.45, 7) is 0. The van der Waals surface area contributed by atoms with Crippen LogP contribution in [0, 0.1) is 0 Å². The van der Waals surface area contributed by atoms with Crippen LogP contribution in [0.4, 0.5) is 0 Å². The molecule has 0 aliphatic rings. The zero-order valence-corrected chi connectivity index (χ0v) is 5.08. The van der Waals surface area contributed by atoms with Crippen LogP contribution in [0.15, 0.2) is 11.5 Å². The normalized spacial score (nSPS) is 9.86. The molecule has 0 rings (SSSR count). The molecule has 1 N–H and O–H groups in total. The zero-order valence-electron chi connectivity index (χ0n) is 3.37. The minimum Gasteiger partial charge on any atom is -0.478 e. The first kappa shape index (κ1) is 6.91. The van der Waals surface area contributed by atoms with E-state index < -0.39 is 5.97 Å². The summed E-state index contributed by atoms with van der Waals surface area (Å²) in [5.41, 5.74) is 0. The van der Waals surface area contributed by atoms with Crippen molar-refractivity contribution >= 4 is 28.4 Å². The SMILES string of the molecule is O=C(O)C=CSS. The van der Waals surface area contributed by atoms with Crippen molar-refractivity contribution in [3.8, 4) is 0 Å². The summed E-state index contributed by atoms with van der Waals surface area (Å²) in [7, 11) is 1.06. The molecule has 0 aromatic carbocycles. The summed E-state index contributed by atoms with van der Waals surface area (Å²) >= 11 is 3.66. The first-order valence-corrected chi connectivity index (χ1v) is 3.40. The van der Waals surface area contributed by atoms with Crippen LogP contribution < -0.4 is 0 Å². The Labute approximate surface area is 50.4 Å². The molecule has 0 atom stereocenters. The quantitative estimate of drug-likeness (QED) is 0.340. The molecule has 0 heterocycles. The summed E-state index contributed by atoms with van der Waals surface area (Å²) < 4.78 is 0. The van der Waals surface area contributed by atoms with Gasteiger partial charge in [-0.1, -0.05) is 10.8 Å². The molecular weight excluding hydrogens is 132 g/mol. The van der Waals surface area contributed by atoms with Crippen LogP contribution in [-0.2, 0) is 4.79 Å². The highest BCUT2D eigenvalue weighted by atomic mass is 33.1. The smallest absolute Gasteiger partial charge is 0.328 e. The van der Waals surface area contributed by atoms with E-state index >= 15 is 0 Å². The largest absolute Gasteiger partial charge is 0.478 e. The summed E-state index contributed by atoms with van der Waals surface area (Å²) in [4.78, 5) is 9.62. The van der Waals surface area contributed by atoms with Gasteiger partial charge in [-0.25, -0.2) is 4.79 Å². The number of aliphatic carboxylic acids is 1. The Balaban J connectivity index is 3.26. The fraction of sp³-hybridized carbons (Fsp3) is 0. The van der Waals surface area contributed by atoms with Crippen molar-refractivity contribution < 1.29 is 9.90 Å². The number of thiol groups is 1. The first-order chi connectivity index (χ1) is 3.27. The van der Waals surface area contributed by atoms with Gasteiger partial charge in [0, 0.05) is 6.08 Å². The lowest BCUT2D eigenvalue weighted by atomic mass is 10.7. The van der Waals surface area contributed by atoms with Crippen LogP contribution >= 0.6 is 22.5 Å². The van der Waals surface area contributed by atoms with Crippen molar-refractivity contribution in [2.24, 2.45) is 0 Å². The number of hydrogen-bond donors (Lipinski definition) is 2. The summed E-state index contributed by atoms with van der Waals surface area (Å²) in [6.07, 6.45) is 1.03. The van der Waals surface area contributed by atoms with Crippen LogP contribution in [0.3, 0.4) is 0 Å². The highest BCUT2D eigenvalue weighted by Gasteiger charge is 1.79. The number of rotatable bonds is 2. The van der Waals surface area contributed by atoms with Crippen LogP contribution in [0.1, 0.15) is 0 Å². The number of carboxylic acid groups (broad SMARTS) is 1. The Hall–Kier alpha value is -0.0900. The van der Waals surface area contributed by atoms with Gasteiger partial charge < -0.3 is 5.11 Å². The van der Waals surface area contributed by atoms with E-state index in [1.807, 2.05) is 0 Å². The first-order valence-electron chi connectivity index (χ1n) is 1.47. The molecule has 0 aromatic rings. The minimum absolute atomic E-state index is 0.943. The third-order valence-corrected chi connectivity index (χ3v) is 0.894. The maximum atomic E-state index is 9.62. The van der Waals surface area contributed by atoms with Gasteiger partial charge >= 0.3 is 5.97 Å². The van der Waals surface area contributed by atoms with Crippen molar-refractivity contribution in [2.75, 3.05) is 0 Å². The highest BCUT2D eigenvalue weighted by molar-refractivity contribution is 8.69. The molecule has 0 amide bonds. The Morgan fingerprint density at radius 2 is 2.43 bits per heavy atom. The third-order valence-electron chi connectivity index (χ3n) is 0.271. The van der Waals surface area contributed by atoms with Gasteiger partial charge in [-0.05, 0) is 5.41 Å². The molecule has 2 nitrogen and oxygen atoms in total. The topological polar surface area (TPSA) is 37.3 Å². The molecule has 0 aliphatic heterocycles. The molecule has 0 saturated carbocycles. The van der Waals surface area contributed by atoms with E-state index in [1.165, 1.54) is 5.41 Å². The average Bonchev–Trinajstić information content (AvgIpc) is 1.61. The van der Waals surface area contributed by atoms with Gasteiger partial charge in [-0.3, -0.25) is 0 Å². The van der Waals surface area contributed by atoms with E-state index in [-0.39, 0.29) is 0 Å². The monoisotopic (exact) mass is 136 g/mol. The fourth-order valence-electron chi connectivity index (χ4n) is 0.0886. The maximum absolute atomic E-state index is 9.62. The minimum atomic E-state index is -0.943. The summed E-state index contributed by atoms with van der Waals surface area (Å²) in [5.74, 6) is -0.943. The zero-order chi connectivity index (χ0) is 5.70. The van der Waals surface area contributed by atoms with E-state index in [0.717, 1.165) is 16.9 Å². The lowest BCUT2D eigenvalue weighted by Gasteiger charge is -1.73. The molecule has 0 fully saturated rings. The second-order valence-corrected chi connectivity index (χ2v) is 1.86. The van der Waals surface area contributed by atoms with E-state index in [0.29, 0.717) is 0 Å². The van der Waals surface area contributed by atoms with Gasteiger partial charge in [0.05, 0.1) is 0 Å². The van der Waals surface area contributed by atoms with Crippen molar-refractivity contribution in [1.82, 2.24) is 0 Å². The molecule has 0 spiro atoms. The molecule has 0 radical (unpaired) electrons. The second kappa shape index (κ2) is 4.08. The van der Waals surface area contributed by atoms with Crippen molar-refractivity contribution in [3.05, 3.63) is 11.5 Å². The Morgan fingerprint density at radius 3 is 2.57 bits per heavy atom. The van der Waals surface area contributed by atoms with E-state index in [4.69, 9.17) is 5.11 Å². The van der Waals surface area contributed by atoms with Crippen molar-refractivity contribution in [3.63, 3.8) is 0 Å². The Bertz CT molecular complexity index is 88.9. The lowest BCUT2D eigenvalue weighted by molar-refractivity contribution is -0.131. The number of carbonyl (C=O) groups is 1. The van der Waals surface area contributed by atoms with Gasteiger partial charge in [-0.2, -0.15) is 0 Å².